The first kappa shape index (κ1) is 13.6. The lowest BCUT2D eigenvalue weighted by Gasteiger charge is -2.31. The van der Waals surface area contributed by atoms with Crippen LogP contribution in [0.25, 0.3) is 0 Å². The van der Waals surface area contributed by atoms with E-state index in [1.807, 2.05) is 12.1 Å². The highest BCUT2D eigenvalue weighted by molar-refractivity contribution is 9.10. The Bertz CT molecular complexity index is 452. The third kappa shape index (κ3) is 3.14. The number of carbonyl (C=O) groups excluding carboxylic acids is 1. The van der Waals surface area contributed by atoms with Gasteiger partial charge >= 0.3 is 0 Å². The van der Waals surface area contributed by atoms with Crippen molar-refractivity contribution in [3.63, 3.8) is 0 Å². The number of Topliss-reactive ketones (excluding diaryl/α,β-unsaturated/α-hetero) is 1. The Kier molecular flexibility index (Phi) is 4.10. The lowest BCUT2D eigenvalue weighted by atomic mass is 10.1. The van der Waals surface area contributed by atoms with Crippen LogP contribution in [0, 0.1) is 5.92 Å². The molecule has 3 heteroatoms. The average Bonchev–Trinajstić information content (AvgIpc) is 3.08. The summed E-state index contributed by atoms with van der Waals surface area (Å²) in [5.74, 6) is 0.949. The van der Waals surface area contributed by atoms with Crippen LogP contribution in [-0.4, -0.2) is 18.4 Å². The molecule has 0 saturated heterocycles. The predicted octanol–water partition coefficient (Wildman–Crippen LogP) is 4.28. The van der Waals surface area contributed by atoms with Gasteiger partial charge in [0.05, 0.1) is 0 Å². The minimum absolute atomic E-state index is 0.138. The number of carbonyl (C=O) groups is 1. The molecular formula is C15H20BrNO. The summed E-state index contributed by atoms with van der Waals surface area (Å²) in [7, 11) is 0. The van der Waals surface area contributed by atoms with Crippen molar-refractivity contribution in [2.75, 3.05) is 11.4 Å². The zero-order valence-electron chi connectivity index (χ0n) is 11.2. The fourth-order valence-corrected chi connectivity index (χ4v) is 2.56. The van der Waals surface area contributed by atoms with Crippen molar-refractivity contribution in [2.45, 2.75) is 39.7 Å². The van der Waals surface area contributed by atoms with Gasteiger partial charge in [-0.05, 0) is 57.7 Å². The molecule has 0 bridgehead atoms. The molecule has 98 valence electrons. The minimum atomic E-state index is 0.138. The number of nitrogens with zero attached hydrogens (tertiary/aromatic N) is 1. The van der Waals surface area contributed by atoms with E-state index in [0.29, 0.717) is 6.04 Å². The van der Waals surface area contributed by atoms with Gasteiger partial charge in [-0.25, -0.2) is 0 Å². The number of hydrogen-bond donors (Lipinski definition) is 0. The van der Waals surface area contributed by atoms with E-state index in [9.17, 15) is 4.79 Å². The van der Waals surface area contributed by atoms with Gasteiger partial charge in [0.2, 0.25) is 0 Å². The summed E-state index contributed by atoms with van der Waals surface area (Å²) in [6, 6.07) is 6.34. The van der Waals surface area contributed by atoms with Crippen molar-refractivity contribution in [1.82, 2.24) is 0 Å². The number of benzene rings is 1. The first-order chi connectivity index (χ1) is 8.49. The van der Waals surface area contributed by atoms with Gasteiger partial charge in [-0.3, -0.25) is 4.79 Å². The van der Waals surface area contributed by atoms with Crippen LogP contribution < -0.4 is 4.90 Å². The Morgan fingerprint density at radius 3 is 2.61 bits per heavy atom. The Hall–Kier alpha value is -0.830. The molecule has 1 aromatic rings. The maximum absolute atomic E-state index is 11.8. The van der Waals surface area contributed by atoms with Crippen molar-refractivity contribution in [2.24, 2.45) is 5.92 Å². The van der Waals surface area contributed by atoms with Gasteiger partial charge in [0.15, 0.2) is 5.78 Å². The second-order valence-electron chi connectivity index (χ2n) is 5.41. The summed E-state index contributed by atoms with van der Waals surface area (Å²) < 4.78 is 1.03. The van der Waals surface area contributed by atoms with E-state index in [4.69, 9.17) is 0 Å². The molecule has 0 aromatic heterocycles. The SMILES string of the molecule is CC(=O)c1ccc(Br)cc1N(CC1CC1)C(C)C. The second-order valence-corrected chi connectivity index (χ2v) is 6.32. The molecule has 1 aromatic carbocycles. The van der Waals surface area contributed by atoms with Crippen LogP contribution in [-0.2, 0) is 0 Å². The van der Waals surface area contributed by atoms with E-state index in [1.165, 1.54) is 12.8 Å². The summed E-state index contributed by atoms with van der Waals surface area (Å²) in [5, 5.41) is 0. The lowest BCUT2D eigenvalue weighted by Crippen LogP contribution is -2.33. The smallest absolute Gasteiger partial charge is 0.161 e. The van der Waals surface area contributed by atoms with Crippen molar-refractivity contribution in [3.05, 3.63) is 28.2 Å². The van der Waals surface area contributed by atoms with Crippen LogP contribution in [0.3, 0.4) is 0 Å². The lowest BCUT2D eigenvalue weighted by molar-refractivity contribution is 0.101. The third-order valence-electron chi connectivity index (χ3n) is 3.42. The van der Waals surface area contributed by atoms with Gasteiger partial charge in [-0.1, -0.05) is 15.9 Å². The Morgan fingerprint density at radius 2 is 2.11 bits per heavy atom. The molecule has 2 rings (SSSR count). The van der Waals surface area contributed by atoms with E-state index in [2.05, 4.69) is 40.7 Å². The van der Waals surface area contributed by atoms with Crippen LogP contribution in [0.5, 0.6) is 0 Å². The zero-order chi connectivity index (χ0) is 13.3. The van der Waals surface area contributed by atoms with Gasteiger partial charge in [-0.2, -0.15) is 0 Å². The Morgan fingerprint density at radius 1 is 1.44 bits per heavy atom. The predicted molar refractivity (Wildman–Crippen MR) is 79.4 cm³/mol. The summed E-state index contributed by atoms with van der Waals surface area (Å²) in [6.07, 6.45) is 2.65. The molecule has 1 aliphatic rings. The maximum atomic E-state index is 11.8. The van der Waals surface area contributed by atoms with Crippen LogP contribution >= 0.6 is 15.9 Å². The minimum Gasteiger partial charge on any atom is -0.368 e. The van der Waals surface area contributed by atoms with Crippen molar-refractivity contribution < 1.29 is 4.79 Å². The normalized spacial score (nSPS) is 14.9. The monoisotopic (exact) mass is 309 g/mol. The van der Waals surface area contributed by atoms with Gasteiger partial charge in [0, 0.05) is 28.3 Å². The molecule has 18 heavy (non-hydrogen) atoms. The summed E-state index contributed by atoms with van der Waals surface area (Å²) in [6.45, 7) is 7.08. The van der Waals surface area contributed by atoms with Crippen molar-refractivity contribution in [1.29, 1.82) is 0 Å². The number of halogens is 1. The number of rotatable bonds is 5. The quantitative estimate of drug-likeness (QED) is 0.757. The van der Waals surface area contributed by atoms with E-state index in [0.717, 1.165) is 28.2 Å². The van der Waals surface area contributed by atoms with Crippen LogP contribution in [0.1, 0.15) is 44.0 Å². The van der Waals surface area contributed by atoms with Gasteiger partial charge < -0.3 is 4.90 Å². The van der Waals surface area contributed by atoms with Crippen molar-refractivity contribution >= 4 is 27.4 Å². The summed E-state index contributed by atoms with van der Waals surface area (Å²) in [5.41, 5.74) is 1.89. The molecule has 0 radical (unpaired) electrons. The molecule has 2 nitrogen and oxygen atoms in total. The molecule has 0 unspecified atom stereocenters. The largest absolute Gasteiger partial charge is 0.368 e. The van der Waals surface area contributed by atoms with E-state index < -0.39 is 0 Å². The molecule has 0 atom stereocenters. The Balaban J connectivity index is 2.37. The van der Waals surface area contributed by atoms with Crippen LogP contribution in [0.15, 0.2) is 22.7 Å². The third-order valence-corrected chi connectivity index (χ3v) is 3.92. The Labute approximate surface area is 117 Å². The number of hydrogen-bond acceptors (Lipinski definition) is 2. The van der Waals surface area contributed by atoms with E-state index in [1.54, 1.807) is 6.92 Å². The fraction of sp³-hybridized carbons (Fsp3) is 0.533. The second kappa shape index (κ2) is 5.43. The standard InChI is InChI=1S/C15H20BrNO/c1-10(2)17(9-12-4-5-12)15-8-13(16)6-7-14(15)11(3)18/h6-8,10,12H,4-5,9H2,1-3H3. The van der Waals surface area contributed by atoms with Crippen LogP contribution in [0.4, 0.5) is 5.69 Å². The molecule has 1 fully saturated rings. The molecule has 1 aliphatic carbocycles. The fourth-order valence-electron chi connectivity index (χ4n) is 2.21. The van der Waals surface area contributed by atoms with E-state index in [-0.39, 0.29) is 5.78 Å². The highest BCUT2D eigenvalue weighted by Crippen LogP contribution is 2.34. The topological polar surface area (TPSA) is 20.3 Å². The first-order valence-electron chi connectivity index (χ1n) is 6.56. The van der Waals surface area contributed by atoms with Gasteiger partial charge in [0.1, 0.15) is 0 Å². The molecule has 0 spiro atoms. The number of anilines is 1. The highest BCUT2D eigenvalue weighted by Gasteiger charge is 2.27. The van der Waals surface area contributed by atoms with Gasteiger partial charge in [-0.15, -0.1) is 0 Å². The molecular weight excluding hydrogens is 290 g/mol. The molecule has 1 saturated carbocycles. The first-order valence-corrected chi connectivity index (χ1v) is 7.35. The number of ketones is 1. The molecule has 0 heterocycles. The van der Waals surface area contributed by atoms with Crippen molar-refractivity contribution in [3.8, 4) is 0 Å². The molecule has 0 N–H and O–H groups in total. The maximum Gasteiger partial charge on any atom is 0.161 e. The molecule has 0 aliphatic heterocycles. The highest BCUT2D eigenvalue weighted by atomic mass is 79.9. The summed E-state index contributed by atoms with van der Waals surface area (Å²) >= 11 is 3.51. The average molecular weight is 310 g/mol. The summed E-state index contributed by atoms with van der Waals surface area (Å²) in [4.78, 5) is 14.1. The van der Waals surface area contributed by atoms with Gasteiger partial charge in [0.25, 0.3) is 0 Å². The zero-order valence-corrected chi connectivity index (χ0v) is 12.8. The van der Waals surface area contributed by atoms with E-state index >= 15 is 0 Å². The van der Waals surface area contributed by atoms with Crippen LogP contribution in [0.2, 0.25) is 0 Å². The molecule has 0 amide bonds.